The number of fused-ring (bicyclic) bond motifs is 2. The number of allylic oxidation sites excluding steroid dienone is 1. The predicted molar refractivity (Wildman–Crippen MR) is 141 cm³/mol. The van der Waals surface area contributed by atoms with Crippen LogP contribution in [0.3, 0.4) is 0 Å². The van der Waals surface area contributed by atoms with Gasteiger partial charge in [-0.2, -0.15) is 0 Å². The van der Waals surface area contributed by atoms with Gasteiger partial charge in [-0.1, -0.05) is 97.1 Å². The molecule has 2 N–H and O–H groups in total. The summed E-state index contributed by atoms with van der Waals surface area (Å²) < 4.78 is 0. The summed E-state index contributed by atoms with van der Waals surface area (Å²) in [5, 5.41) is 13.1. The van der Waals surface area contributed by atoms with Crippen LogP contribution in [0.15, 0.2) is 12.2 Å². The molecule has 0 radical (unpaired) electrons. The lowest BCUT2D eigenvalue weighted by molar-refractivity contribution is -0.140. The number of hydrogen-bond acceptors (Lipinski definition) is 2. The summed E-state index contributed by atoms with van der Waals surface area (Å²) in [5.41, 5.74) is -0.188. The van der Waals surface area contributed by atoms with Crippen LogP contribution >= 0.6 is 0 Å². The van der Waals surface area contributed by atoms with Crippen molar-refractivity contribution in [1.82, 2.24) is 5.32 Å². The van der Waals surface area contributed by atoms with Crippen LogP contribution in [0, 0.1) is 23.2 Å². The molecule has 0 spiro atoms. The van der Waals surface area contributed by atoms with Crippen molar-refractivity contribution in [1.29, 1.82) is 0 Å². The van der Waals surface area contributed by atoms with Gasteiger partial charge in [0.25, 0.3) is 0 Å². The van der Waals surface area contributed by atoms with Gasteiger partial charge >= 0.3 is 0 Å². The molecule has 3 nitrogen and oxygen atoms in total. The van der Waals surface area contributed by atoms with Gasteiger partial charge in [-0.3, -0.25) is 4.79 Å². The van der Waals surface area contributed by atoms with Crippen LogP contribution in [0.1, 0.15) is 136 Å². The van der Waals surface area contributed by atoms with Crippen LogP contribution in [0.25, 0.3) is 0 Å². The SMILES string of the molecule is CCCCCCCCCCCCC/C=C/CC(CO)NC(=O)C12CC(C)CC(C[C@@H](C)C1)C2. The minimum atomic E-state index is -0.188. The Balaban J connectivity index is 1.57. The Bertz CT molecular complexity index is 538. The molecule has 2 aliphatic rings. The number of carbonyl (C=O) groups excluding carboxylic acids is 1. The summed E-state index contributed by atoms with van der Waals surface area (Å²) in [4.78, 5) is 13.3. The van der Waals surface area contributed by atoms with Crippen molar-refractivity contribution in [3.8, 4) is 0 Å². The zero-order chi connectivity index (χ0) is 23.9. The van der Waals surface area contributed by atoms with Gasteiger partial charge in [0.2, 0.25) is 5.91 Å². The first-order valence-corrected chi connectivity index (χ1v) is 14.6. The summed E-state index contributed by atoms with van der Waals surface area (Å²) in [7, 11) is 0. The van der Waals surface area contributed by atoms with Crippen LogP contribution in [-0.2, 0) is 4.79 Å². The molecule has 1 amide bonds. The van der Waals surface area contributed by atoms with Gasteiger partial charge in [-0.15, -0.1) is 0 Å². The van der Waals surface area contributed by atoms with E-state index in [9.17, 15) is 9.90 Å². The van der Waals surface area contributed by atoms with E-state index in [0.29, 0.717) is 17.8 Å². The largest absolute Gasteiger partial charge is 0.394 e. The molecule has 33 heavy (non-hydrogen) atoms. The van der Waals surface area contributed by atoms with E-state index in [1.54, 1.807) is 0 Å². The van der Waals surface area contributed by atoms with Gasteiger partial charge in [0.05, 0.1) is 12.6 Å². The summed E-state index contributed by atoms with van der Waals surface area (Å²) in [6.07, 6.45) is 27.1. The molecule has 2 saturated carbocycles. The van der Waals surface area contributed by atoms with Gasteiger partial charge in [-0.05, 0) is 69.1 Å². The van der Waals surface area contributed by atoms with Crippen molar-refractivity contribution in [2.45, 2.75) is 142 Å². The Morgan fingerprint density at radius 3 is 1.97 bits per heavy atom. The number of hydrogen-bond donors (Lipinski definition) is 2. The average molecular weight is 462 g/mol. The second-order valence-electron chi connectivity index (χ2n) is 11.8. The smallest absolute Gasteiger partial charge is 0.226 e. The van der Waals surface area contributed by atoms with E-state index in [4.69, 9.17) is 0 Å². The maximum Gasteiger partial charge on any atom is 0.226 e. The lowest BCUT2D eigenvalue weighted by Gasteiger charge is -2.49. The first kappa shape index (κ1) is 28.4. The van der Waals surface area contributed by atoms with E-state index in [1.807, 2.05) is 0 Å². The molecule has 2 bridgehead atoms. The molecule has 0 saturated heterocycles. The second kappa shape index (κ2) is 16.0. The minimum absolute atomic E-state index is 0.0269. The molecular formula is C30H55NO2. The number of nitrogens with one attached hydrogen (secondary N) is 1. The second-order valence-corrected chi connectivity index (χ2v) is 11.8. The molecule has 0 aliphatic heterocycles. The topological polar surface area (TPSA) is 49.3 Å². The molecule has 0 aromatic rings. The van der Waals surface area contributed by atoms with Gasteiger partial charge in [0.15, 0.2) is 0 Å². The molecule has 0 aromatic carbocycles. The maximum atomic E-state index is 13.3. The van der Waals surface area contributed by atoms with Crippen molar-refractivity contribution in [3.63, 3.8) is 0 Å². The highest BCUT2D eigenvalue weighted by Crippen LogP contribution is 2.52. The molecule has 4 unspecified atom stereocenters. The zero-order valence-corrected chi connectivity index (χ0v) is 22.3. The minimum Gasteiger partial charge on any atom is -0.394 e. The van der Waals surface area contributed by atoms with Crippen LogP contribution < -0.4 is 5.32 Å². The fourth-order valence-corrected chi connectivity index (χ4v) is 6.80. The third-order valence-electron chi connectivity index (χ3n) is 8.23. The van der Waals surface area contributed by atoms with E-state index < -0.39 is 0 Å². The van der Waals surface area contributed by atoms with Crippen LogP contribution in [0.4, 0.5) is 0 Å². The van der Waals surface area contributed by atoms with E-state index in [0.717, 1.165) is 32.1 Å². The van der Waals surface area contributed by atoms with E-state index in [-0.39, 0.29) is 24.0 Å². The molecular weight excluding hydrogens is 406 g/mol. The van der Waals surface area contributed by atoms with E-state index in [2.05, 4.69) is 38.2 Å². The summed E-state index contributed by atoms with van der Waals surface area (Å²) >= 11 is 0. The Morgan fingerprint density at radius 1 is 0.879 bits per heavy atom. The normalized spacial score (nSPS) is 28.2. The number of rotatable bonds is 17. The standard InChI is InChI=1S/C30H55NO2/c1-4-5-6-7-8-9-10-11-12-13-14-15-16-17-18-28(24-32)31-29(33)30-21-25(2)19-27(23-30)20-26(3)22-30/h16-17,25-28,32H,4-15,18-24H2,1-3H3,(H,31,33)/b17-16+/t25-,26?,27?,28?,30?/m1/s1. The quantitative estimate of drug-likeness (QED) is 0.170. The molecule has 5 atom stereocenters. The molecule has 0 aromatic heterocycles. The summed E-state index contributed by atoms with van der Waals surface area (Å²) in [6.45, 7) is 6.93. The monoisotopic (exact) mass is 461 g/mol. The van der Waals surface area contributed by atoms with E-state index >= 15 is 0 Å². The van der Waals surface area contributed by atoms with Crippen molar-refractivity contribution in [2.24, 2.45) is 23.2 Å². The summed E-state index contributed by atoms with van der Waals surface area (Å²) in [5.74, 6) is 2.20. The third kappa shape index (κ3) is 10.5. The van der Waals surface area contributed by atoms with Gasteiger partial charge < -0.3 is 10.4 Å². The van der Waals surface area contributed by atoms with Crippen LogP contribution in [0.5, 0.6) is 0 Å². The van der Waals surface area contributed by atoms with Crippen molar-refractivity contribution in [3.05, 3.63) is 12.2 Å². The highest BCUT2D eigenvalue weighted by Gasteiger charge is 2.49. The first-order valence-electron chi connectivity index (χ1n) is 14.6. The highest BCUT2D eigenvalue weighted by molar-refractivity contribution is 5.83. The number of aliphatic hydroxyl groups is 1. The Kier molecular flexibility index (Phi) is 13.7. The number of aliphatic hydroxyl groups excluding tert-OH is 1. The fraction of sp³-hybridized carbons (Fsp3) is 0.900. The molecule has 2 rings (SSSR count). The first-order chi connectivity index (χ1) is 16.0. The summed E-state index contributed by atoms with van der Waals surface area (Å²) in [6, 6.07) is -0.145. The highest BCUT2D eigenvalue weighted by atomic mass is 16.3. The number of carbonyl (C=O) groups is 1. The zero-order valence-electron chi connectivity index (χ0n) is 22.3. The lowest BCUT2D eigenvalue weighted by Crippen LogP contribution is -2.52. The third-order valence-corrected chi connectivity index (χ3v) is 8.23. The Hall–Kier alpha value is -0.830. The molecule has 3 heteroatoms. The fourth-order valence-electron chi connectivity index (χ4n) is 6.80. The van der Waals surface area contributed by atoms with Gasteiger partial charge in [0, 0.05) is 5.41 Å². The number of amides is 1. The van der Waals surface area contributed by atoms with Crippen molar-refractivity contribution in [2.75, 3.05) is 6.61 Å². The van der Waals surface area contributed by atoms with Gasteiger partial charge in [0.1, 0.15) is 0 Å². The maximum absolute atomic E-state index is 13.3. The van der Waals surface area contributed by atoms with Crippen molar-refractivity contribution >= 4 is 5.91 Å². The Morgan fingerprint density at radius 2 is 1.42 bits per heavy atom. The average Bonchev–Trinajstić information content (AvgIpc) is 2.77. The van der Waals surface area contributed by atoms with Crippen LogP contribution in [0.2, 0.25) is 0 Å². The Labute approximate surface area is 205 Å². The van der Waals surface area contributed by atoms with Crippen molar-refractivity contribution < 1.29 is 9.90 Å². The van der Waals surface area contributed by atoms with Gasteiger partial charge in [-0.25, -0.2) is 0 Å². The number of unbranched alkanes of at least 4 members (excludes halogenated alkanes) is 11. The molecule has 192 valence electrons. The van der Waals surface area contributed by atoms with Crippen LogP contribution in [-0.4, -0.2) is 23.7 Å². The van der Waals surface area contributed by atoms with E-state index in [1.165, 1.54) is 83.5 Å². The predicted octanol–water partition coefficient (Wildman–Crippen LogP) is 7.96. The lowest BCUT2D eigenvalue weighted by atomic mass is 9.56. The molecule has 0 heterocycles. The molecule has 2 fully saturated rings. The molecule has 2 aliphatic carbocycles.